The number of hydrogen-bond donors (Lipinski definition) is 1. The maximum atomic E-state index is 13.4. The van der Waals surface area contributed by atoms with Crippen LogP contribution in [-0.2, 0) is 5.67 Å². The Bertz CT molecular complexity index is 254. The molecule has 1 aromatic carbocycles. The van der Waals surface area contributed by atoms with E-state index in [9.17, 15) is 8.78 Å². The number of rotatable bonds is 2. The molecule has 2 N–H and O–H groups in total. The Kier molecular flexibility index (Phi) is 2.43. The Balaban J connectivity index is 2.96. The zero-order valence-electron chi connectivity index (χ0n) is 6.85. The number of nitrogens with two attached hydrogens (primary N) is 1. The monoisotopic (exact) mass is 171 g/mol. The number of benzene rings is 1. The van der Waals surface area contributed by atoms with Crippen molar-refractivity contribution >= 4 is 0 Å². The Labute approximate surface area is 70.2 Å². The SMILES string of the molecule is C[C@@](F)(CN)c1ccc(F)cc1. The molecule has 0 aliphatic heterocycles. The van der Waals surface area contributed by atoms with Crippen molar-refractivity contribution in [3.8, 4) is 0 Å². The van der Waals surface area contributed by atoms with Gasteiger partial charge in [0.25, 0.3) is 0 Å². The normalized spacial score (nSPS) is 15.7. The van der Waals surface area contributed by atoms with Gasteiger partial charge in [-0.1, -0.05) is 12.1 Å². The van der Waals surface area contributed by atoms with E-state index in [4.69, 9.17) is 5.73 Å². The molecule has 0 heterocycles. The van der Waals surface area contributed by atoms with Crippen molar-refractivity contribution in [1.82, 2.24) is 0 Å². The molecule has 1 nitrogen and oxygen atoms in total. The summed E-state index contributed by atoms with van der Waals surface area (Å²) in [6, 6.07) is 5.26. The van der Waals surface area contributed by atoms with Gasteiger partial charge in [-0.3, -0.25) is 0 Å². The van der Waals surface area contributed by atoms with Crippen molar-refractivity contribution in [2.24, 2.45) is 5.73 Å². The average molecular weight is 171 g/mol. The average Bonchev–Trinajstić information content (AvgIpc) is 2.05. The summed E-state index contributed by atoms with van der Waals surface area (Å²) in [7, 11) is 0. The van der Waals surface area contributed by atoms with Gasteiger partial charge in [0, 0.05) is 6.54 Å². The topological polar surface area (TPSA) is 26.0 Å². The van der Waals surface area contributed by atoms with Crippen molar-refractivity contribution in [3.05, 3.63) is 35.6 Å². The predicted octanol–water partition coefficient (Wildman–Crippen LogP) is 1.97. The Morgan fingerprint density at radius 1 is 1.33 bits per heavy atom. The first-order chi connectivity index (χ1) is 5.56. The van der Waals surface area contributed by atoms with Crippen LogP contribution in [0.1, 0.15) is 12.5 Å². The third-order valence-corrected chi connectivity index (χ3v) is 1.83. The van der Waals surface area contributed by atoms with Gasteiger partial charge in [0.1, 0.15) is 11.5 Å². The summed E-state index contributed by atoms with van der Waals surface area (Å²) in [5, 5.41) is 0. The van der Waals surface area contributed by atoms with Gasteiger partial charge in [-0.2, -0.15) is 0 Å². The quantitative estimate of drug-likeness (QED) is 0.723. The summed E-state index contributed by atoms with van der Waals surface area (Å²) >= 11 is 0. The van der Waals surface area contributed by atoms with Crippen molar-refractivity contribution in [2.45, 2.75) is 12.6 Å². The minimum atomic E-state index is -1.56. The minimum absolute atomic E-state index is 0.0986. The molecule has 66 valence electrons. The van der Waals surface area contributed by atoms with Gasteiger partial charge in [-0.05, 0) is 24.6 Å². The number of alkyl halides is 1. The van der Waals surface area contributed by atoms with Crippen LogP contribution >= 0.6 is 0 Å². The van der Waals surface area contributed by atoms with Crippen LogP contribution in [0.3, 0.4) is 0 Å². The largest absolute Gasteiger partial charge is 0.327 e. The van der Waals surface area contributed by atoms with Crippen LogP contribution in [0.5, 0.6) is 0 Å². The van der Waals surface area contributed by atoms with Gasteiger partial charge in [0.05, 0.1) is 0 Å². The smallest absolute Gasteiger partial charge is 0.145 e. The van der Waals surface area contributed by atoms with E-state index in [-0.39, 0.29) is 12.4 Å². The molecule has 1 rings (SSSR count). The lowest BCUT2D eigenvalue weighted by Crippen LogP contribution is -2.26. The maximum Gasteiger partial charge on any atom is 0.145 e. The molecule has 0 bridgehead atoms. The minimum Gasteiger partial charge on any atom is -0.327 e. The van der Waals surface area contributed by atoms with Crippen LogP contribution in [0.25, 0.3) is 0 Å². The predicted molar refractivity (Wildman–Crippen MR) is 43.9 cm³/mol. The maximum absolute atomic E-state index is 13.4. The van der Waals surface area contributed by atoms with Gasteiger partial charge in [0.15, 0.2) is 0 Å². The molecule has 0 fully saturated rings. The van der Waals surface area contributed by atoms with E-state index in [2.05, 4.69) is 0 Å². The van der Waals surface area contributed by atoms with Crippen LogP contribution in [0, 0.1) is 5.82 Å². The third kappa shape index (κ3) is 1.80. The van der Waals surface area contributed by atoms with Gasteiger partial charge in [-0.15, -0.1) is 0 Å². The molecule has 0 amide bonds. The molecule has 3 heteroatoms. The Hall–Kier alpha value is -0.960. The fourth-order valence-corrected chi connectivity index (χ4v) is 0.915. The molecule has 0 spiro atoms. The molecular formula is C9H11F2N. The molecule has 0 aromatic heterocycles. The highest BCUT2D eigenvalue weighted by molar-refractivity contribution is 5.22. The van der Waals surface area contributed by atoms with E-state index in [0.29, 0.717) is 5.56 Å². The third-order valence-electron chi connectivity index (χ3n) is 1.83. The standard InChI is InChI=1S/C9H11F2N/c1-9(11,6-12)7-2-4-8(10)5-3-7/h2-5H,6,12H2,1H3/t9-/m1/s1. The van der Waals surface area contributed by atoms with E-state index < -0.39 is 5.67 Å². The van der Waals surface area contributed by atoms with E-state index in [1.165, 1.54) is 31.2 Å². The molecule has 12 heavy (non-hydrogen) atoms. The van der Waals surface area contributed by atoms with E-state index in [1.54, 1.807) is 0 Å². The van der Waals surface area contributed by atoms with Crippen LogP contribution in [0.15, 0.2) is 24.3 Å². The number of halogens is 2. The lowest BCUT2D eigenvalue weighted by molar-refractivity contribution is 0.203. The second-order valence-electron chi connectivity index (χ2n) is 2.91. The fraction of sp³-hybridized carbons (Fsp3) is 0.333. The van der Waals surface area contributed by atoms with Crippen molar-refractivity contribution in [3.63, 3.8) is 0 Å². The zero-order valence-corrected chi connectivity index (χ0v) is 6.85. The Morgan fingerprint density at radius 2 is 1.83 bits per heavy atom. The summed E-state index contributed by atoms with van der Waals surface area (Å²) in [6.45, 7) is 1.28. The molecule has 1 aromatic rings. The van der Waals surface area contributed by atoms with Crippen LogP contribution in [-0.4, -0.2) is 6.54 Å². The summed E-state index contributed by atoms with van der Waals surface area (Å²) in [4.78, 5) is 0. The molecule has 0 unspecified atom stereocenters. The first-order valence-electron chi connectivity index (χ1n) is 3.71. The lowest BCUT2D eigenvalue weighted by atomic mass is 9.98. The Morgan fingerprint density at radius 3 is 2.25 bits per heavy atom. The summed E-state index contributed by atoms with van der Waals surface area (Å²) in [6.07, 6.45) is 0. The first kappa shape index (κ1) is 9.13. The summed E-state index contributed by atoms with van der Waals surface area (Å²) in [5.74, 6) is -0.369. The molecular weight excluding hydrogens is 160 g/mol. The van der Waals surface area contributed by atoms with Gasteiger partial charge >= 0.3 is 0 Å². The zero-order chi connectivity index (χ0) is 9.19. The lowest BCUT2D eigenvalue weighted by Gasteiger charge is -2.17. The van der Waals surface area contributed by atoms with E-state index in [0.717, 1.165) is 0 Å². The molecule has 0 aliphatic carbocycles. The first-order valence-corrected chi connectivity index (χ1v) is 3.71. The highest BCUT2D eigenvalue weighted by atomic mass is 19.1. The van der Waals surface area contributed by atoms with Crippen molar-refractivity contribution < 1.29 is 8.78 Å². The molecule has 0 saturated heterocycles. The van der Waals surface area contributed by atoms with Gasteiger partial charge in [-0.25, -0.2) is 8.78 Å². The van der Waals surface area contributed by atoms with Gasteiger partial charge in [0.2, 0.25) is 0 Å². The summed E-state index contributed by atoms with van der Waals surface area (Å²) < 4.78 is 25.9. The van der Waals surface area contributed by atoms with Crippen molar-refractivity contribution in [1.29, 1.82) is 0 Å². The summed E-state index contributed by atoms with van der Waals surface area (Å²) in [5.41, 5.74) is 4.05. The fourth-order valence-electron chi connectivity index (χ4n) is 0.915. The van der Waals surface area contributed by atoms with Crippen LogP contribution in [0.4, 0.5) is 8.78 Å². The van der Waals surface area contributed by atoms with Crippen LogP contribution < -0.4 is 5.73 Å². The second-order valence-corrected chi connectivity index (χ2v) is 2.91. The molecule has 0 aliphatic rings. The van der Waals surface area contributed by atoms with Gasteiger partial charge < -0.3 is 5.73 Å². The second kappa shape index (κ2) is 3.19. The molecule has 1 atom stereocenters. The van der Waals surface area contributed by atoms with E-state index >= 15 is 0 Å². The van der Waals surface area contributed by atoms with Crippen LogP contribution in [0.2, 0.25) is 0 Å². The van der Waals surface area contributed by atoms with Crippen molar-refractivity contribution in [2.75, 3.05) is 6.54 Å². The molecule has 0 radical (unpaired) electrons. The molecule has 0 saturated carbocycles. The van der Waals surface area contributed by atoms with E-state index in [1.807, 2.05) is 0 Å². The highest BCUT2D eigenvalue weighted by Crippen LogP contribution is 2.23. The number of hydrogen-bond acceptors (Lipinski definition) is 1. The highest BCUT2D eigenvalue weighted by Gasteiger charge is 2.23.